The number of nitrogens with zero attached hydrogens (tertiary/aromatic N) is 3. The van der Waals surface area contributed by atoms with E-state index in [1.54, 1.807) is 12.1 Å². The van der Waals surface area contributed by atoms with Crippen molar-refractivity contribution in [1.29, 1.82) is 0 Å². The maximum Gasteiger partial charge on any atom is 0.393 e. The molecular weight excluding hydrogens is 377 g/mol. The number of aromatic nitrogens is 3. The molecule has 2 heterocycles. The molecule has 1 N–H and O–H groups in total. The fourth-order valence-electron chi connectivity index (χ4n) is 4.11. The lowest BCUT2D eigenvalue weighted by Gasteiger charge is -2.19. The van der Waals surface area contributed by atoms with Gasteiger partial charge in [0.2, 0.25) is 0 Å². The van der Waals surface area contributed by atoms with Crippen LogP contribution >= 0.6 is 0 Å². The Morgan fingerprint density at radius 1 is 1.17 bits per heavy atom. The predicted octanol–water partition coefficient (Wildman–Crippen LogP) is 4.79. The van der Waals surface area contributed by atoms with E-state index >= 15 is 0 Å². The number of fused-ring (bicyclic) bond motifs is 3. The lowest BCUT2D eigenvalue weighted by molar-refractivity contribution is -0.127. The first-order valence-corrected chi connectivity index (χ1v) is 9.65. The van der Waals surface area contributed by atoms with Crippen LogP contribution in [0.2, 0.25) is 0 Å². The number of nitrogens with one attached hydrogen (secondary N) is 1. The number of hydrogen-bond donors (Lipinski definition) is 1. The summed E-state index contributed by atoms with van der Waals surface area (Å²) in [6, 6.07) is 8.75. The second-order valence-corrected chi connectivity index (χ2v) is 8.29. The van der Waals surface area contributed by atoms with E-state index in [4.69, 9.17) is 0 Å². The molecule has 1 unspecified atom stereocenters. The molecular formula is C22H27F3N4. The maximum absolute atomic E-state index is 12.6. The molecule has 4 rings (SSSR count). The van der Waals surface area contributed by atoms with Crippen molar-refractivity contribution in [3.05, 3.63) is 64.6 Å². The third-order valence-corrected chi connectivity index (χ3v) is 5.15. The highest BCUT2D eigenvalue weighted by atomic mass is 19.4. The first-order chi connectivity index (χ1) is 13.6. The zero-order valence-corrected chi connectivity index (χ0v) is 17.4. The van der Waals surface area contributed by atoms with Crippen LogP contribution in [0.5, 0.6) is 0 Å². The molecule has 29 heavy (non-hydrogen) atoms. The van der Waals surface area contributed by atoms with Gasteiger partial charge in [0.25, 0.3) is 0 Å². The second kappa shape index (κ2) is 7.78. The highest BCUT2D eigenvalue weighted by Gasteiger charge is 2.40. The molecule has 1 aliphatic rings. The average Bonchev–Trinajstić information content (AvgIpc) is 3.11. The molecule has 0 saturated heterocycles. The summed E-state index contributed by atoms with van der Waals surface area (Å²) in [4.78, 5) is 4.53. The van der Waals surface area contributed by atoms with Gasteiger partial charge in [-0.15, -0.1) is 0 Å². The molecule has 0 saturated carbocycles. The number of benzene rings is 1. The standard InChI is InChI=1S/C20H20F3N3.C2H7N/c1-12-8-17-24-11-16-15(10-19(2,3)18(16)26(17)25-12)14-6-4-13(5-7-14)9-20(21,22)23;1-3-2/h4-8,11,15H,9-10H2,1-3H3;3H,1-2H3. The van der Waals surface area contributed by atoms with Crippen LogP contribution in [0.25, 0.3) is 5.65 Å². The van der Waals surface area contributed by atoms with Crippen LogP contribution in [0, 0.1) is 6.92 Å². The summed E-state index contributed by atoms with van der Waals surface area (Å²) >= 11 is 0. The number of hydrogen-bond acceptors (Lipinski definition) is 3. The minimum Gasteiger partial charge on any atom is -0.323 e. The summed E-state index contributed by atoms with van der Waals surface area (Å²) in [6.45, 7) is 6.31. The molecule has 0 spiro atoms. The van der Waals surface area contributed by atoms with Gasteiger partial charge >= 0.3 is 6.18 Å². The highest BCUT2D eigenvalue weighted by Crippen LogP contribution is 2.48. The molecule has 156 valence electrons. The van der Waals surface area contributed by atoms with E-state index in [9.17, 15) is 13.2 Å². The van der Waals surface area contributed by atoms with Gasteiger partial charge in [-0.25, -0.2) is 9.50 Å². The molecule has 2 aromatic heterocycles. The van der Waals surface area contributed by atoms with E-state index in [1.807, 2.05) is 49.9 Å². The predicted molar refractivity (Wildman–Crippen MR) is 108 cm³/mol. The monoisotopic (exact) mass is 404 g/mol. The van der Waals surface area contributed by atoms with Gasteiger partial charge in [0.15, 0.2) is 5.65 Å². The van der Waals surface area contributed by atoms with Gasteiger partial charge in [-0.3, -0.25) is 0 Å². The molecule has 0 bridgehead atoms. The van der Waals surface area contributed by atoms with E-state index in [0.29, 0.717) is 0 Å². The minimum absolute atomic E-state index is 0.0930. The number of halogens is 3. The van der Waals surface area contributed by atoms with Gasteiger partial charge in [0, 0.05) is 29.2 Å². The van der Waals surface area contributed by atoms with Gasteiger partial charge in [0.05, 0.1) is 17.8 Å². The molecule has 1 aliphatic carbocycles. The maximum atomic E-state index is 12.6. The Morgan fingerprint density at radius 3 is 2.38 bits per heavy atom. The Bertz CT molecular complexity index is 988. The van der Waals surface area contributed by atoms with Crippen LogP contribution in [0.4, 0.5) is 13.2 Å². The van der Waals surface area contributed by atoms with Crippen molar-refractivity contribution in [2.75, 3.05) is 14.1 Å². The normalized spacial score (nSPS) is 17.7. The Labute approximate surface area is 169 Å². The second-order valence-electron chi connectivity index (χ2n) is 8.29. The molecule has 0 radical (unpaired) electrons. The zero-order valence-electron chi connectivity index (χ0n) is 17.4. The first kappa shape index (κ1) is 21.3. The van der Waals surface area contributed by atoms with Crippen molar-refractivity contribution in [2.45, 2.75) is 51.1 Å². The van der Waals surface area contributed by atoms with Crippen molar-refractivity contribution in [3.63, 3.8) is 0 Å². The summed E-state index contributed by atoms with van der Waals surface area (Å²) in [6.07, 6.45) is -2.30. The van der Waals surface area contributed by atoms with Crippen LogP contribution in [-0.2, 0) is 11.8 Å². The topological polar surface area (TPSA) is 42.2 Å². The van der Waals surface area contributed by atoms with Crippen molar-refractivity contribution in [2.24, 2.45) is 0 Å². The lowest BCUT2D eigenvalue weighted by atomic mass is 9.86. The molecule has 1 aromatic carbocycles. The van der Waals surface area contributed by atoms with E-state index in [0.717, 1.165) is 34.6 Å². The zero-order chi connectivity index (χ0) is 21.4. The van der Waals surface area contributed by atoms with Gasteiger partial charge < -0.3 is 5.32 Å². The minimum atomic E-state index is -4.18. The van der Waals surface area contributed by atoms with E-state index < -0.39 is 12.6 Å². The highest BCUT2D eigenvalue weighted by molar-refractivity contribution is 5.50. The molecule has 7 heteroatoms. The van der Waals surface area contributed by atoms with Crippen molar-refractivity contribution in [3.8, 4) is 0 Å². The Morgan fingerprint density at radius 2 is 1.79 bits per heavy atom. The Balaban J connectivity index is 0.000000755. The van der Waals surface area contributed by atoms with E-state index in [2.05, 4.69) is 29.2 Å². The third-order valence-electron chi connectivity index (χ3n) is 5.15. The van der Waals surface area contributed by atoms with Gasteiger partial charge in [-0.1, -0.05) is 38.1 Å². The molecule has 1 atom stereocenters. The van der Waals surface area contributed by atoms with Gasteiger partial charge in [-0.05, 0) is 38.6 Å². The number of aryl methyl sites for hydroxylation is 1. The van der Waals surface area contributed by atoms with Crippen LogP contribution in [0.1, 0.15) is 54.3 Å². The Hall–Kier alpha value is -2.41. The summed E-state index contributed by atoms with van der Waals surface area (Å²) < 4.78 is 39.6. The van der Waals surface area contributed by atoms with Crippen molar-refractivity contribution >= 4 is 5.65 Å². The summed E-state index contributed by atoms with van der Waals surface area (Å²) in [7, 11) is 3.75. The van der Waals surface area contributed by atoms with E-state index in [1.165, 1.54) is 0 Å². The van der Waals surface area contributed by atoms with Crippen LogP contribution in [0.3, 0.4) is 0 Å². The smallest absolute Gasteiger partial charge is 0.323 e. The summed E-state index contributed by atoms with van der Waals surface area (Å²) in [5.74, 6) is 0.112. The van der Waals surface area contributed by atoms with Crippen molar-refractivity contribution < 1.29 is 13.2 Å². The molecule has 0 aliphatic heterocycles. The molecule has 0 fully saturated rings. The average molecular weight is 404 g/mol. The van der Waals surface area contributed by atoms with E-state index in [-0.39, 0.29) is 16.9 Å². The summed E-state index contributed by atoms with van der Waals surface area (Å²) in [5, 5.41) is 7.34. The number of alkyl halides is 3. The van der Waals surface area contributed by atoms with Crippen LogP contribution < -0.4 is 5.32 Å². The summed E-state index contributed by atoms with van der Waals surface area (Å²) in [5.41, 5.74) is 5.21. The Kier molecular flexibility index (Phi) is 5.72. The fraction of sp³-hybridized carbons (Fsp3) is 0.455. The van der Waals surface area contributed by atoms with Gasteiger partial charge in [-0.2, -0.15) is 18.3 Å². The first-order valence-electron chi connectivity index (χ1n) is 9.65. The third kappa shape index (κ3) is 4.45. The van der Waals surface area contributed by atoms with Gasteiger partial charge in [0.1, 0.15) is 0 Å². The van der Waals surface area contributed by atoms with Crippen molar-refractivity contribution in [1.82, 2.24) is 19.9 Å². The van der Waals surface area contributed by atoms with Crippen LogP contribution in [-0.4, -0.2) is 34.9 Å². The van der Waals surface area contributed by atoms with Crippen LogP contribution in [0.15, 0.2) is 36.5 Å². The lowest BCUT2D eigenvalue weighted by Crippen LogP contribution is -2.17. The molecule has 4 nitrogen and oxygen atoms in total. The fourth-order valence-corrected chi connectivity index (χ4v) is 4.11. The quantitative estimate of drug-likeness (QED) is 0.668. The number of rotatable bonds is 2. The molecule has 3 aromatic rings. The SMILES string of the molecule is CNC.Cc1cc2ncc3c(n2n1)C(C)(C)CC3c1ccc(CC(F)(F)F)cc1. The largest absolute Gasteiger partial charge is 0.393 e. The molecule has 0 amide bonds.